The second kappa shape index (κ2) is 5.04. The minimum absolute atomic E-state index is 0.284. The Bertz CT molecular complexity index is 476. The van der Waals surface area contributed by atoms with Crippen molar-refractivity contribution in [1.82, 2.24) is 15.2 Å². The Labute approximate surface area is 108 Å². The van der Waals surface area contributed by atoms with Gasteiger partial charge >= 0.3 is 0 Å². The summed E-state index contributed by atoms with van der Waals surface area (Å²) in [7, 11) is 0. The van der Waals surface area contributed by atoms with Crippen LogP contribution in [-0.2, 0) is 12.3 Å². The lowest BCUT2D eigenvalue weighted by molar-refractivity contribution is 0.968. The van der Waals surface area contributed by atoms with Gasteiger partial charge in [0.15, 0.2) is 5.82 Å². The first-order chi connectivity index (χ1) is 7.70. The topological polar surface area (TPSA) is 41.6 Å². The van der Waals surface area contributed by atoms with Gasteiger partial charge in [0.1, 0.15) is 5.82 Å². The summed E-state index contributed by atoms with van der Waals surface area (Å²) in [5, 5.41) is 7.98. The number of H-pyrrole nitrogens is 1. The monoisotopic (exact) mass is 275 g/mol. The maximum Gasteiger partial charge on any atom is 0.165 e. The summed E-state index contributed by atoms with van der Waals surface area (Å²) < 4.78 is 0. The summed E-state index contributed by atoms with van der Waals surface area (Å²) >= 11 is 17.7. The van der Waals surface area contributed by atoms with E-state index in [1.54, 1.807) is 18.2 Å². The van der Waals surface area contributed by atoms with Gasteiger partial charge in [-0.3, -0.25) is 5.10 Å². The third-order valence-corrected chi connectivity index (χ3v) is 3.05. The van der Waals surface area contributed by atoms with Crippen LogP contribution in [0, 0.1) is 0 Å². The number of alkyl halides is 1. The van der Waals surface area contributed by atoms with E-state index in [1.165, 1.54) is 0 Å². The van der Waals surface area contributed by atoms with E-state index in [2.05, 4.69) is 15.2 Å². The van der Waals surface area contributed by atoms with Crippen LogP contribution in [0.25, 0.3) is 0 Å². The zero-order chi connectivity index (χ0) is 11.5. The SMILES string of the molecule is ClCc1n[nH]c(Cc2c(Cl)cccc2Cl)n1. The molecule has 16 heavy (non-hydrogen) atoms. The van der Waals surface area contributed by atoms with Crippen molar-refractivity contribution in [1.29, 1.82) is 0 Å². The van der Waals surface area contributed by atoms with Gasteiger partial charge in [0.05, 0.1) is 5.88 Å². The van der Waals surface area contributed by atoms with Crippen molar-refractivity contribution in [2.75, 3.05) is 0 Å². The fraction of sp³-hybridized carbons (Fsp3) is 0.200. The Morgan fingerprint density at radius 2 is 1.88 bits per heavy atom. The largest absolute Gasteiger partial charge is 0.263 e. The van der Waals surface area contributed by atoms with Gasteiger partial charge in [0, 0.05) is 16.5 Å². The molecule has 0 atom stereocenters. The average molecular weight is 277 g/mol. The van der Waals surface area contributed by atoms with E-state index < -0.39 is 0 Å². The minimum atomic E-state index is 0.284. The standard InChI is InChI=1S/C10H8Cl3N3/c11-5-10-14-9(15-16-10)4-6-7(12)2-1-3-8(6)13/h1-3H,4-5H2,(H,14,15,16). The van der Waals surface area contributed by atoms with Crippen LogP contribution in [-0.4, -0.2) is 15.2 Å². The average Bonchev–Trinajstić information content (AvgIpc) is 2.71. The Kier molecular flexibility index (Phi) is 3.69. The van der Waals surface area contributed by atoms with Crippen molar-refractivity contribution in [3.05, 3.63) is 45.5 Å². The molecule has 1 aromatic heterocycles. The van der Waals surface area contributed by atoms with E-state index in [1.807, 2.05) is 0 Å². The molecular weight excluding hydrogens is 268 g/mol. The molecular formula is C10H8Cl3N3. The molecule has 0 aliphatic carbocycles. The van der Waals surface area contributed by atoms with Crippen LogP contribution in [0.2, 0.25) is 10.0 Å². The number of aromatic amines is 1. The summed E-state index contributed by atoms with van der Waals surface area (Å²) in [6.07, 6.45) is 0.516. The van der Waals surface area contributed by atoms with Crippen molar-refractivity contribution in [2.45, 2.75) is 12.3 Å². The first kappa shape index (κ1) is 11.7. The molecule has 1 N–H and O–H groups in total. The molecule has 0 unspecified atom stereocenters. The second-order valence-corrected chi connectivity index (χ2v) is 4.29. The summed E-state index contributed by atoms with van der Waals surface area (Å²) in [5.74, 6) is 1.55. The van der Waals surface area contributed by atoms with Crippen molar-refractivity contribution in [3.8, 4) is 0 Å². The zero-order valence-corrected chi connectivity index (χ0v) is 10.4. The van der Waals surface area contributed by atoms with E-state index in [9.17, 15) is 0 Å². The smallest absolute Gasteiger partial charge is 0.165 e. The van der Waals surface area contributed by atoms with Gasteiger partial charge in [0.2, 0.25) is 0 Å². The van der Waals surface area contributed by atoms with Crippen molar-refractivity contribution >= 4 is 34.8 Å². The molecule has 0 radical (unpaired) electrons. The number of benzene rings is 1. The molecule has 0 spiro atoms. The van der Waals surface area contributed by atoms with Gasteiger partial charge in [-0.1, -0.05) is 29.3 Å². The number of nitrogens with zero attached hydrogens (tertiary/aromatic N) is 2. The predicted molar refractivity (Wildman–Crippen MR) is 65.2 cm³/mol. The maximum atomic E-state index is 6.05. The molecule has 3 nitrogen and oxygen atoms in total. The molecule has 0 amide bonds. The van der Waals surface area contributed by atoms with E-state index in [-0.39, 0.29) is 5.88 Å². The van der Waals surface area contributed by atoms with Gasteiger partial charge in [-0.15, -0.1) is 11.6 Å². The van der Waals surface area contributed by atoms with Crippen molar-refractivity contribution in [3.63, 3.8) is 0 Å². The van der Waals surface area contributed by atoms with E-state index in [4.69, 9.17) is 34.8 Å². The van der Waals surface area contributed by atoms with Crippen LogP contribution < -0.4 is 0 Å². The van der Waals surface area contributed by atoms with Gasteiger partial charge in [-0.05, 0) is 17.7 Å². The molecule has 0 bridgehead atoms. The van der Waals surface area contributed by atoms with Crippen LogP contribution in [0.4, 0.5) is 0 Å². The summed E-state index contributed by atoms with van der Waals surface area (Å²) in [6.45, 7) is 0. The van der Waals surface area contributed by atoms with Crippen molar-refractivity contribution in [2.24, 2.45) is 0 Å². The van der Waals surface area contributed by atoms with Crippen LogP contribution in [0.5, 0.6) is 0 Å². The number of aromatic nitrogens is 3. The maximum absolute atomic E-state index is 6.05. The molecule has 1 aromatic carbocycles. The Morgan fingerprint density at radius 1 is 1.19 bits per heavy atom. The summed E-state index contributed by atoms with van der Waals surface area (Å²) in [5.41, 5.74) is 0.836. The van der Waals surface area contributed by atoms with E-state index in [0.29, 0.717) is 28.1 Å². The van der Waals surface area contributed by atoms with E-state index in [0.717, 1.165) is 5.56 Å². The molecule has 0 aliphatic rings. The molecule has 0 aliphatic heterocycles. The van der Waals surface area contributed by atoms with Gasteiger partial charge in [-0.25, -0.2) is 4.98 Å². The molecule has 0 saturated carbocycles. The van der Waals surface area contributed by atoms with Gasteiger partial charge in [0.25, 0.3) is 0 Å². The Balaban J connectivity index is 2.26. The number of halogens is 3. The number of nitrogens with one attached hydrogen (secondary N) is 1. The highest BCUT2D eigenvalue weighted by atomic mass is 35.5. The normalized spacial score (nSPS) is 10.7. The second-order valence-electron chi connectivity index (χ2n) is 3.21. The predicted octanol–water partition coefficient (Wildman–Crippen LogP) is 3.44. The molecule has 0 saturated heterocycles. The molecule has 84 valence electrons. The highest BCUT2D eigenvalue weighted by Crippen LogP contribution is 2.25. The van der Waals surface area contributed by atoms with Crippen LogP contribution >= 0.6 is 34.8 Å². The summed E-state index contributed by atoms with van der Waals surface area (Å²) in [4.78, 5) is 4.19. The zero-order valence-electron chi connectivity index (χ0n) is 8.17. The molecule has 0 fully saturated rings. The highest BCUT2D eigenvalue weighted by Gasteiger charge is 2.09. The van der Waals surface area contributed by atoms with Gasteiger partial charge in [-0.2, -0.15) is 5.10 Å². The molecule has 2 aromatic rings. The first-order valence-corrected chi connectivity index (χ1v) is 5.88. The third-order valence-electron chi connectivity index (χ3n) is 2.10. The van der Waals surface area contributed by atoms with Crippen LogP contribution in [0.1, 0.15) is 17.2 Å². The lowest BCUT2D eigenvalue weighted by Gasteiger charge is -2.03. The quantitative estimate of drug-likeness (QED) is 0.873. The number of hydrogen-bond donors (Lipinski definition) is 1. The van der Waals surface area contributed by atoms with Crippen LogP contribution in [0.3, 0.4) is 0 Å². The first-order valence-electron chi connectivity index (χ1n) is 4.59. The van der Waals surface area contributed by atoms with Crippen LogP contribution in [0.15, 0.2) is 18.2 Å². The molecule has 1 heterocycles. The lowest BCUT2D eigenvalue weighted by atomic mass is 10.1. The summed E-state index contributed by atoms with van der Waals surface area (Å²) in [6, 6.07) is 5.39. The van der Waals surface area contributed by atoms with Crippen molar-refractivity contribution < 1.29 is 0 Å². The minimum Gasteiger partial charge on any atom is -0.263 e. The fourth-order valence-corrected chi connectivity index (χ4v) is 1.99. The molecule has 2 rings (SSSR count). The Morgan fingerprint density at radius 3 is 2.44 bits per heavy atom. The number of hydrogen-bond acceptors (Lipinski definition) is 2. The van der Waals surface area contributed by atoms with Gasteiger partial charge < -0.3 is 0 Å². The molecule has 6 heteroatoms. The number of rotatable bonds is 3. The fourth-order valence-electron chi connectivity index (χ4n) is 1.34. The Hall–Kier alpha value is -0.770. The third kappa shape index (κ3) is 2.48. The van der Waals surface area contributed by atoms with E-state index >= 15 is 0 Å². The lowest BCUT2D eigenvalue weighted by Crippen LogP contribution is -1.93. The highest BCUT2D eigenvalue weighted by molar-refractivity contribution is 6.36.